The molecule has 4 rings (SSSR count). The van der Waals surface area contributed by atoms with Gasteiger partial charge in [0.2, 0.25) is 5.89 Å². The maximum absolute atomic E-state index is 12.0. The van der Waals surface area contributed by atoms with Crippen molar-refractivity contribution < 1.29 is 18.7 Å². The highest BCUT2D eigenvalue weighted by atomic mass is 16.5. The number of hydrogen-bond donors (Lipinski definition) is 1. The fourth-order valence-corrected chi connectivity index (χ4v) is 2.61. The molecule has 8 nitrogen and oxygen atoms in total. The van der Waals surface area contributed by atoms with Crippen molar-refractivity contribution in [3.8, 4) is 23.0 Å². The van der Waals surface area contributed by atoms with E-state index < -0.39 is 0 Å². The van der Waals surface area contributed by atoms with E-state index in [4.69, 9.17) is 13.9 Å². The van der Waals surface area contributed by atoms with Gasteiger partial charge in [0, 0.05) is 18.0 Å². The van der Waals surface area contributed by atoms with Gasteiger partial charge in [-0.15, -0.1) is 0 Å². The molecule has 0 unspecified atom stereocenters. The SMILES string of the molecule is COc1ccc(-c2nc(CNC(=O)c3cnccn3)co2)cc1OCC1CC1. The Bertz CT molecular complexity index is 954. The van der Waals surface area contributed by atoms with E-state index >= 15 is 0 Å². The molecule has 3 aromatic rings. The maximum Gasteiger partial charge on any atom is 0.271 e. The van der Waals surface area contributed by atoms with Gasteiger partial charge < -0.3 is 19.2 Å². The van der Waals surface area contributed by atoms with Crippen LogP contribution in [0.25, 0.3) is 11.5 Å². The standard InChI is InChI=1S/C20H20N4O4/c1-26-17-5-4-14(8-18(17)27-11-13-2-3-13)20-24-15(12-28-20)9-23-19(25)16-10-21-6-7-22-16/h4-8,10,12-13H,2-3,9,11H2,1H3,(H,23,25). The van der Waals surface area contributed by atoms with Crippen LogP contribution in [-0.4, -0.2) is 34.6 Å². The van der Waals surface area contributed by atoms with Gasteiger partial charge in [0.15, 0.2) is 11.5 Å². The molecule has 2 heterocycles. The first-order valence-electron chi connectivity index (χ1n) is 9.03. The van der Waals surface area contributed by atoms with Crippen LogP contribution in [0.5, 0.6) is 11.5 Å². The number of carbonyl (C=O) groups excluding carboxylic acids is 1. The molecule has 28 heavy (non-hydrogen) atoms. The molecular formula is C20H20N4O4. The van der Waals surface area contributed by atoms with E-state index in [1.807, 2.05) is 18.2 Å². The normalized spacial score (nSPS) is 13.2. The smallest absolute Gasteiger partial charge is 0.271 e. The molecule has 1 saturated carbocycles. The lowest BCUT2D eigenvalue weighted by Crippen LogP contribution is -2.24. The molecule has 8 heteroatoms. The first-order chi connectivity index (χ1) is 13.7. The van der Waals surface area contributed by atoms with Gasteiger partial charge in [-0.1, -0.05) is 0 Å². The zero-order chi connectivity index (χ0) is 19.3. The number of rotatable bonds is 8. The zero-order valence-corrected chi connectivity index (χ0v) is 15.4. The summed E-state index contributed by atoms with van der Waals surface area (Å²) in [5.41, 5.74) is 1.63. The molecule has 144 valence electrons. The van der Waals surface area contributed by atoms with Crippen molar-refractivity contribution in [1.82, 2.24) is 20.3 Å². The third kappa shape index (κ3) is 4.28. The van der Waals surface area contributed by atoms with Crippen LogP contribution in [0.3, 0.4) is 0 Å². The van der Waals surface area contributed by atoms with E-state index in [2.05, 4.69) is 20.3 Å². The Kier molecular flexibility index (Phi) is 5.18. The van der Waals surface area contributed by atoms with Gasteiger partial charge in [0.1, 0.15) is 12.0 Å². The summed E-state index contributed by atoms with van der Waals surface area (Å²) >= 11 is 0. The van der Waals surface area contributed by atoms with Crippen molar-refractivity contribution in [2.45, 2.75) is 19.4 Å². The van der Waals surface area contributed by atoms with Crippen LogP contribution in [0.2, 0.25) is 0 Å². The molecule has 2 aromatic heterocycles. The highest BCUT2D eigenvalue weighted by Crippen LogP contribution is 2.35. The first-order valence-corrected chi connectivity index (χ1v) is 9.03. The lowest BCUT2D eigenvalue weighted by Gasteiger charge is -2.11. The summed E-state index contributed by atoms with van der Waals surface area (Å²) in [6, 6.07) is 5.54. The van der Waals surface area contributed by atoms with Gasteiger partial charge in [-0.25, -0.2) is 9.97 Å². The number of nitrogens with one attached hydrogen (secondary N) is 1. The molecule has 1 N–H and O–H groups in total. The van der Waals surface area contributed by atoms with Gasteiger partial charge in [0.05, 0.1) is 32.2 Å². The number of benzene rings is 1. The summed E-state index contributed by atoms with van der Waals surface area (Å²) in [5.74, 6) is 2.11. The van der Waals surface area contributed by atoms with Crippen molar-refractivity contribution in [1.29, 1.82) is 0 Å². The number of aromatic nitrogens is 3. The summed E-state index contributed by atoms with van der Waals surface area (Å²) in [4.78, 5) is 24.3. The van der Waals surface area contributed by atoms with Crippen LogP contribution >= 0.6 is 0 Å². The van der Waals surface area contributed by atoms with Gasteiger partial charge in [-0.3, -0.25) is 9.78 Å². The number of ether oxygens (including phenoxy) is 2. The van der Waals surface area contributed by atoms with E-state index in [0.29, 0.717) is 35.6 Å². The number of methoxy groups -OCH3 is 1. The van der Waals surface area contributed by atoms with Gasteiger partial charge in [-0.2, -0.15) is 0 Å². The monoisotopic (exact) mass is 380 g/mol. The van der Waals surface area contributed by atoms with Crippen molar-refractivity contribution in [3.05, 3.63) is 54.4 Å². The summed E-state index contributed by atoms with van der Waals surface area (Å²) in [6.07, 6.45) is 8.33. The Hall–Kier alpha value is -3.42. The second-order valence-corrected chi connectivity index (χ2v) is 6.54. The van der Waals surface area contributed by atoms with E-state index in [1.165, 1.54) is 37.7 Å². The Morgan fingerprint density at radius 3 is 2.93 bits per heavy atom. The second kappa shape index (κ2) is 8.08. The van der Waals surface area contributed by atoms with Crippen LogP contribution in [-0.2, 0) is 6.54 Å². The Labute approximate surface area is 161 Å². The van der Waals surface area contributed by atoms with Crippen LogP contribution in [0.4, 0.5) is 0 Å². The third-order valence-corrected chi connectivity index (χ3v) is 4.36. The summed E-state index contributed by atoms with van der Waals surface area (Å²) < 4.78 is 16.8. The Morgan fingerprint density at radius 2 is 2.18 bits per heavy atom. The lowest BCUT2D eigenvalue weighted by molar-refractivity contribution is 0.0945. The molecular weight excluding hydrogens is 360 g/mol. The van der Waals surface area contributed by atoms with Crippen LogP contribution in [0.1, 0.15) is 29.0 Å². The van der Waals surface area contributed by atoms with Gasteiger partial charge in [0.25, 0.3) is 5.91 Å². The predicted octanol–water partition coefficient (Wildman–Crippen LogP) is 2.86. The molecule has 0 spiro atoms. The van der Waals surface area contributed by atoms with Crippen LogP contribution in [0, 0.1) is 5.92 Å². The number of nitrogens with zero attached hydrogens (tertiary/aromatic N) is 3. The molecule has 0 saturated heterocycles. The number of oxazole rings is 1. The van der Waals surface area contributed by atoms with Crippen LogP contribution < -0.4 is 14.8 Å². The minimum atomic E-state index is -0.321. The van der Waals surface area contributed by atoms with Crippen molar-refractivity contribution in [2.75, 3.05) is 13.7 Å². The summed E-state index contributed by atoms with van der Waals surface area (Å²) in [5, 5.41) is 2.74. The molecule has 1 aromatic carbocycles. The lowest BCUT2D eigenvalue weighted by atomic mass is 10.2. The molecule has 1 aliphatic rings. The molecule has 0 radical (unpaired) electrons. The second-order valence-electron chi connectivity index (χ2n) is 6.54. The number of carbonyl (C=O) groups is 1. The van der Waals surface area contributed by atoms with E-state index in [0.717, 1.165) is 5.56 Å². The molecule has 0 aliphatic heterocycles. The zero-order valence-electron chi connectivity index (χ0n) is 15.4. The van der Waals surface area contributed by atoms with Crippen LogP contribution in [0.15, 0.2) is 47.5 Å². The van der Waals surface area contributed by atoms with Gasteiger partial charge >= 0.3 is 0 Å². The topological polar surface area (TPSA) is 99.4 Å². The fraction of sp³-hybridized carbons (Fsp3) is 0.300. The van der Waals surface area contributed by atoms with Crippen molar-refractivity contribution in [3.63, 3.8) is 0 Å². The maximum atomic E-state index is 12.0. The van der Waals surface area contributed by atoms with E-state index in [9.17, 15) is 4.79 Å². The van der Waals surface area contributed by atoms with E-state index in [1.54, 1.807) is 7.11 Å². The van der Waals surface area contributed by atoms with E-state index in [-0.39, 0.29) is 18.1 Å². The highest BCUT2D eigenvalue weighted by molar-refractivity contribution is 5.91. The van der Waals surface area contributed by atoms with Crippen molar-refractivity contribution >= 4 is 5.91 Å². The van der Waals surface area contributed by atoms with Crippen molar-refractivity contribution in [2.24, 2.45) is 5.92 Å². The third-order valence-electron chi connectivity index (χ3n) is 4.36. The van der Waals surface area contributed by atoms with Gasteiger partial charge in [-0.05, 0) is 37.0 Å². The quantitative estimate of drug-likeness (QED) is 0.641. The summed E-state index contributed by atoms with van der Waals surface area (Å²) in [7, 11) is 1.61. The number of hydrogen-bond acceptors (Lipinski definition) is 7. The molecule has 1 amide bonds. The fourth-order valence-electron chi connectivity index (χ4n) is 2.61. The Balaban J connectivity index is 1.43. The number of amides is 1. The molecule has 1 fully saturated rings. The minimum absolute atomic E-state index is 0.222. The average molecular weight is 380 g/mol. The Morgan fingerprint density at radius 1 is 1.29 bits per heavy atom. The highest BCUT2D eigenvalue weighted by Gasteiger charge is 2.23. The average Bonchev–Trinajstić information content (AvgIpc) is 3.46. The molecule has 0 bridgehead atoms. The molecule has 1 aliphatic carbocycles. The predicted molar refractivity (Wildman–Crippen MR) is 99.9 cm³/mol. The largest absolute Gasteiger partial charge is 0.493 e. The summed E-state index contributed by atoms with van der Waals surface area (Å²) in [6.45, 7) is 0.908. The molecule has 0 atom stereocenters. The first kappa shape index (κ1) is 18.0. The minimum Gasteiger partial charge on any atom is -0.493 e.